The summed E-state index contributed by atoms with van der Waals surface area (Å²) in [6, 6.07) is 1.72. The zero-order valence-electron chi connectivity index (χ0n) is 12.5. The fraction of sp³-hybridized carbons (Fsp3) is 0.400. The lowest BCUT2D eigenvalue weighted by atomic mass is 10.0. The minimum absolute atomic E-state index is 0.0454. The van der Waals surface area contributed by atoms with E-state index in [1.807, 2.05) is 34.7 Å². The summed E-state index contributed by atoms with van der Waals surface area (Å²) in [5.74, 6) is 0.528. The predicted molar refractivity (Wildman–Crippen MR) is 76.1 cm³/mol. The summed E-state index contributed by atoms with van der Waals surface area (Å²) in [7, 11) is 1.83. The van der Waals surface area contributed by atoms with E-state index >= 15 is 0 Å². The zero-order chi connectivity index (χ0) is 14.9. The van der Waals surface area contributed by atoms with E-state index in [9.17, 15) is 4.79 Å². The molecule has 0 aliphatic carbocycles. The fourth-order valence-corrected chi connectivity index (χ4v) is 2.13. The normalized spacial score (nSPS) is 10.9. The zero-order valence-corrected chi connectivity index (χ0v) is 12.5. The molecule has 2 aromatic heterocycles. The second-order valence-electron chi connectivity index (χ2n) is 5.07. The molecule has 0 N–H and O–H groups in total. The number of aromatic nitrogens is 3. The molecule has 0 unspecified atom stereocenters. The summed E-state index contributed by atoms with van der Waals surface area (Å²) in [6.45, 7) is 7.59. The number of ketones is 1. The van der Waals surface area contributed by atoms with Crippen molar-refractivity contribution in [1.29, 1.82) is 0 Å². The molecule has 0 radical (unpaired) electrons. The molecule has 20 heavy (non-hydrogen) atoms. The van der Waals surface area contributed by atoms with Crippen LogP contribution in [0, 0.1) is 13.8 Å². The summed E-state index contributed by atoms with van der Waals surface area (Å²) in [5.41, 5.74) is 2.73. The Morgan fingerprint density at radius 3 is 2.55 bits per heavy atom. The van der Waals surface area contributed by atoms with Gasteiger partial charge in [-0.25, -0.2) is 0 Å². The molecule has 0 atom stereocenters. The van der Waals surface area contributed by atoms with Gasteiger partial charge in [0.2, 0.25) is 0 Å². The van der Waals surface area contributed by atoms with E-state index in [1.54, 1.807) is 23.1 Å². The van der Waals surface area contributed by atoms with Crippen LogP contribution in [0.2, 0.25) is 0 Å². The molecular weight excluding hydrogens is 254 g/mol. The van der Waals surface area contributed by atoms with Gasteiger partial charge in [-0.2, -0.15) is 5.10 Å². The Balaban J connectivity index is 2.38. The van der Waals surface area contributed by atoms with Gasteiger partial charge in [0.15, 0.2) is 5.78 Å². The van der Waals surface area contributed by atoms with Crippen LogP contribution in [-0.4, -0.2) is 26.7 Å². The van der Waals surface area contributed by atoms with Crippen molar-refractivity contribution in [3.63, 3.8) is 0 Å². The van der Waals surface area contributed by atoms with Crippen LogP contribution in [0.3, 0.4) is 0 Å². The van der Waals surface area contributed by atoms with Gasteiger partial charge in [-0.3, -0.25) is 14.5 Å². The van der Waals surface area contributed by atoms with Crippen LogP contribution in [0.15, 0.2) is 18.5 Å². The summed E-state index contributed by atoms with van der Waals surface area (Å²) >= 11 is 0. The van der Waals surface area contributed by atoms with Crippen molar-refractivity contribution >= 4 is 5.78 Å². The quantitative estimate of drug-likeness (QED) is 0.803. The van der Waals surface area contributed by atoms with Crippen molar-refractivity contribution in [3.8, 4) is 5.75 Å². The van der Waals surface area contributed by atoms with Gasteiger partial charge >= 0.3 is 0 Å². The Kier molecular flexibility index (Phi) is 3.88. The highest BCUT2D eigenvalue weighted by Gasteiger charge is 2.19. The van der Waals surface area contributed by atoms with E-state index in [4.69, 9.17) is 4.74 Å². The number of nitrogens with zero attached hydrogens (tertiary/aromatic N) is 3. The maximum absolute atomic E-state index is 12.6. The van der Waals surface area contributed by atoms with E-state index in [0.29, 0.717) is 16.9 Å². The first-order valence-electron chi connectivity index (χ1n) is 6.56. The molecule has 5 heteroatoms. The van der Waals surface area contributed by atoms with Crippen LogP contribution in [0.25, 0.3) is 0 Å². The molecule has 0 spiro atoms. The Bertz CT molecular complexity index is 645. The van der Waals surface area contributed by atoms with Gasteiger partial charge < -0.3 is 4.74 Å². The lowest BCUT2D eigenvalue weighted by Crippen LogP contribution is -2.09. The first kappa shape index (κ1) is 14.2. The van der Waals surface area contributed by atoms with Crippen LogP contribution >= 0.6 is 0 Å². The molecule has 0 saturated heterocycles. The molecule has 0 aliphatic heterocycles. The summed E-state index contributed by atoms with van der Waals surface area (Å²) in [4.78, 5) is 16.7. The van der Waals surface area contributed by atoms with Gasteiger partial charge in [0.05, 0.1) is 23.6 Å². The largest absolute Gasteiger partial charge is 0.489 e. The second-order valence-corrected chi connectivity index (χ2v) is 5.07. The maximum Gasteiger partial charge on any atom is 0.198 e. The highest BCUT2D eigenvalue weighted by Crippen LogP contribution is 2.20. The van der Waals surface area contributed by atoms with Crippen molar-refractivity contribution in [2.75, 3.05) is 0 Å². The van der Waals surface area contributed by atoms with Crippen LogP contribution < -0.4 is 4.74 Å². The third-order valence-electron chi connectivity index (χ3n) is 3.08. The number of rotatable bonds is 4. The van der Waals surface area contributed by atoms with Gasteiger partial charge in [0.25, 0.3) is 0 Å². The maximum atomic E-state index is 12.6. The Hall–Kier alpha value is -2.17. The first-order valence-corrected chi connectivity index (χ1v) is 6.56. The van der Waals surface area contributed by atoms with E-state index in [1.165, 1.54) is 0 Å². The molecule has 5 nitrogen and oxygen atoms in total. The van der Waals surface area contributed by atoms with Crippen molar-refractivity contribution in [2.45, 2.75) is 33.8 Å². The molecule has 0 aromatic carbocycles. The van der Waals surface area contributed by atoms with Crippen molar-refractivity contribution in [3.05, 3.63) is 41.0 Å². The minimum atomic E-state index is -0.0743. The van der Waals surface area contributed by atoms with E-state index < -0.39 is 0 Å². The van der Waals surface area contributed by atoms with E-state index in [0.717, 1.165) is 11.4 Å². The second kappa shape index (κ2) is 5.45. The van der Waals surface area contributed by atoms with Crippen molar-refractivity contribution < 1.29 is 9.53 Å². The van der Waals surface area contributed by atoms with Gasteiger partial charge in [-0.1, -0.05) is 0 Å². The molecule has 0 saturated carbocycles. The number of ether oxygens (including phenoxy) is 1. The molecular formula is C15H19N3O2. The van der Waals surface area contributed by atoms with Crippen molar-refractivity contribution in [2.24, 2.45) is 7.05 Å². The monoisotopic (exact) mass is 273 g/mol. The summed E-state index contributed by atoms with van der Waals surface area (Å²) in [6.07, 6.45) is 3.21. The molecule has 2 aromatic rings. The Morgan fingerprint density at radius 2 is 2.00 bits per heavy atom. The van der Waals surface area contributed by atoms with E-state index in [-0.39, 0.29) is 11.9 Å². The lowest BCUT2D eigenvalue weighted by Gasteiger charge is -2.10. The molecule has 0 aliphatic rings. The summed E-state index contributed by atoms with van der Waals surface area (Å²) < 4.78 is 7.28. The third-order valence-corrected chi connectivity index (χ3v) is 3.08. The smallest absolute Gasteiger partial charge is 0.198 e. The number of hydrogen-bond acceptors (Lipinski definition) is 4. The lowest BCUT2D eigenvalue weighted by molar-refractivity contribution is 0.103. The summed E-state index contributed by atoms with van der Waals surface area (Å²) in [5, 5.41) is 4.27. The van der Waals surface area contributed by atoms with Gasteiger partial charge in [0.1, 0.15) is 5.75 Å². The SMILES string of the molecule is Cc1nn(C)c(C)c1C(=O)c1cncc(OC(C)C)c1. The number of aryl methyl sites for hydroxylation is 2. The highest BCUT2D eigenvalue weighted by molar-refractivity contribution is 6.10. The van der Waals surface area contributed by atoms with E-state index in [2.05, 4.69) is 10.1 Å². The molecule has 2 heterocycles. The topological polar surface area (TPSA) is 57.0 Å². The van der Waals surface area contributed by atoms with Crippen molar-refractivity contribution in [1.82, 2.24) is 14.8 Å². The van der Waals surface area contributed by atoms with Gasteiger partial charge in [-0.15, -0.1) is 0 Å². The van der Waals surface area contributed by atoms with Crippen LogP contribution in [-0.2, 0) is 7.05 Å². The Morgan fingerprint density at radius 1 is 1.30 bits per heavy atom. The molecule has 0 fully saturated rings. The average molecular weight is 273 g/mol. The number of carbonyl (C=O) groups excluding carboxylic acids is 1. The number of hydrogen-bond donors (Lipinski definition) is 0. The third kappa shape index (κ3) is 2.71. The number of pyridine rings is 1. The average Bonchev–Trinajstić information content (AvgIpc) is 2.62. The molecule has 2 rings (SSSR count). The van der Waals surface area contributed by atoms with Crippen LogP contribution in [0.4, 0.5) is 0 Å². The highest BCUT2D eigenvalue weighted by atomic mass is 16.5. The van der Waals surface area contributed by atoms with Gasteiger partial charge in [-0.05, 0) is 33.8 Å². The van der Waals surface area contributed by atoms with Gasteiger partial charge in [0, 0.05) is 24.5 Å². The van der Waals surface area contributed by atoms with Crippen LogP contribution in [0.1, 0.15) is 41.2 Å². The minimum Gasteiger partial charge on any atom is -0.489 e. The number of carbonyl (C=O) groups is 1. The predicted octanol–water partition coefficient (Wildman–Crippen LogP) is 2.45. The van der Waals surface area contributed by atoms with Crippen LogP contribution in [0.5, 0.6) is 5.75 Å². The molecule has 0 amide bonds. The molecule has 0 bridgehead atoms. The standard InChI is InChI=1S/C15H19N3O2/c1-9(2)20-13-6-12(7-16-8-13)15(19)14-10(3)17-18(5)11(14)4/h6-9H,1-5H3. The fourth-order valence-electron chi connectivity index (χ4n) is 2.13. The molecule has 106 valence electrons. The Labute approximate surface area is 118 Å². The first-order chi connectivity index (χ1) is 9.40.